The van der Waals surface area contributed by atoms with Gasteiger partial charge in [0.1, 0.15) is 0 Å². The normalized spacial score (nSPS) is 17.5. The summed E-state index contributed by atoms with van der Waals surface area (Å²) in [7, 11) is 0. The Labute approximate surface area is 205 Å². The van der Waals surface area contributed by atoms with E-state index in [0.717, 1.165) is 53.7 Å². The Morgan fingerprint density at radius 2 is 1.56 bits per heavy atom. The molecule has 184 valence electrons. The largest absolute Gasteiger partial charge is 0.416 e. The maximum Gasteiger partial charge on any atom is 0.416 e. The minimum Gasteiger partial charge on any atom is -0.361 e. The quantitative estimate of drug-likeness (QED) is 0.366. The second-order valence-corrected chi connectivity index (χ2v) is 9.59. The van der Waals surface area contributed by atoms with Crippen LogP contribution in [0.3, 0.4) is 0 Å². The van der Waals surface area contributed by atoms with Gasteiger partial charge in [0.05, 0.1) is 5.56 Å². The number of halogens is 3. The Kier molecular flexibility index (Phi) is 5.37. The van der Waals surface area contributed by atoms with Gasteiger partial charge in [0.15, 0.2) is 0 Å². The number of nitrogens with zero attached hydrogens (tertiary/aromatic N) is 2. The van der Waals surface area contributed by atoms with Crippen molar-refractivity contribution < 1.29 is 22.8 Å². The molecule has 1 N–H and O–H groups in total. The van der Waals surface area contributed by atoms with E-state index in [1.807, 2.05) is 30.5 Å². The van der Waals surface area contributed by atoms with Gasteiger partial charge in [-0.2, -0.15) is 13.2 Å². The van der Waals surface area contributed by atoms with Crippen LogP contribution in [0, 0.1) is 0 Å². The third kappa shape index (κ3) is 3.76. The summed E-state index contributed by atoms with van der Waals surface area (Å²) >= 11 is 0. The molecule has 0 aliphatic carbocycles. The second-order valence-electron chi connectivity index (χ2n) is 9.59. The number of likely N-dealkylation sites (tertiary alicyclic amines) is 1. The fourth-order valence-electron chi connectivity index (χ4n) is 5.66. The maximum absolute atomic E-state index is 13.1. The zero-order valence-corrected chi connectivity index (χ0v) is 19.4. The highest BCUT2D eigenvalue weighted by molar-refractivity contribution is 6.25. The standard InChI is InChI=1S/C28H24F3N3O2/c29-28(30,31)19-7-8-20-23(16-32-24(20)15-19)17-9-11-33(12-10-17)13-14-34-26(35)21-5-1-3-18-4-2-6-22(25(18)21)27(34)36/h1-8,15-17,32H,9-14H2. The molecule has 2 amide bonds. The van der Waals surface area contributed by atoms with Gasteiger partial charge in [0.2, 0.25) is 0 Å². The first kappa shape index (κ1) is 22.8. The smallest absolute Gasteiger partial charge is 0.361 e. The molecule has 0 spiro atoms. The topological polar surface area (TPSA) is 56.4 Å². The van der Waals surface area contributed by atoms with Gasteiger partial charge in [0.25, 0.3) is 11.8 Å². The molecule has 0 unspecified atom stereocenters. The Hall–Kier alpha value is -3.65. The van der Waals surface area contributed by atoms with Crippen molar-refractivity contribution in [2.24, 2.45) is 0 Å². The predicted octanol–water partition coefficient (Wildman–Crippen LogP) is 5.82. The minimum absolute atomic E-state index is 0.245. The van der Waals surface area contributed by atoms with E-state index in [2.05, 4.69) is 9.88 Å². The summed E-state index contributed by atoms with van der Waals surface area (Å²) in [5, 5.41) is 2.45. The zero-order chi connectivity index (χ0) is 25.0. The van der Waals surface area contributed by atoms with Crippen LogP contribution in [-0.4, -0.2) is 52.8 Å². The Balaban J connectivity index is 1.11. The lowest BCUT2D eigenvalue weighted by molar-refractivity contribution is -0.137. The van der Waals surface area contributed by atoms with E-state index in [1.54, 1.807) is 18.2 Å². The fraction of sp³-hybridized carbons (Fsp3) is 0.286. The van der Waals surface area contributed by atoms with Crippen molar-refractivity contribution in [3.05, 3.63) is 83.0 Å². The van der Waals surface area contributed by atoms with E-state index in [0.29, 0.717) is 29.7 Å². The third-order valence-corrected chi connectivity index (χ3v) is 7.56. The van der Waals surface area contributed by atoms with Crippen LogP contribution in [0.15, 0.2) is 60.8 Å². The van der Waals surface area contributed by atoms with Gasteiger partial charge in [0, 0.05) is 46.7 Å². The number of amides is 2. The summed E-state index contributed by atoms with van der Waals surface area (Å²) in [5.74, 6) is -0.262. The molecule has 0 atom stereocenters. The number of aromatic nitrogens is 1. The molecule has 3 heterocycles. The number of hydrogen-bond donors (Lipinski definition) is 1. The summed E-state index contributed by atoms with van der Waals surface area (Å²) in [5.41, 5.74) is 2.02. The Bertz CT molecular complexity index is 1450. The summed E-state index contributed by atoms with van der Waals surface area (Å²) < 4.78 is 39.1. The number of aromatic amines is 1. The zero-order valence-electron chi connectivity index (χ0n) is 19.4. The lowest BCUT2D eigenvalue weighted by atomic mass is 9.89. The fourth-order valence-corrected chi connectivity index (χ4v) is 5.66. The number of alkyl halides is 3. The molecule has 4 aromatic rings. The molecular weight excluding hydrogens is 467 g/mol. The lowest BCUT2D eigenvalue weighted by Crippen LogP contribution is -2.45. The van der Waals surface area contributed by atoms with E-state index in [4.69, 9.17) is 0 Å². The molecule has 1 aromatic heterocycles. The number of hydrogen-bond acceptors (Lipinski definition) is 3. The van der Waals surface area contributed by atoms with E-state index in [1.165, 1.54) is 11.0 Å². The van der Waals surface area contributed by atoms with Crippen LogP contribution in [0.25, 0.3) is 21.7 Å². The number of carbonyl (C=O) groups excluding carboxylic acids is 2. The molecule has 3 aromatic carbocycles. The van der Waals surface area contributed by atoms with Gasteiger partial charge >= 0.3 is 6.18 Å². The first-order chi connectivity index (χ1) is 17.3. The van der Waals surface area contributed by atoms with Crippen molar-refractivity contribution in [2.75, 3.05) is 26.2 Å². The van der Waals surface area contributed by atoms with E-state index >= 15 is 0 Å². The molecule has 0 radical (unpaired) electrons. The predicted molar refractivity (Wildman–Crippen MR) is 131 cm³/mol. The molecule has 1 fully saturated rings. The van der Waals surface area contributed by atoms with E-state index < -0.39 is 11.7 Å². The monoisotopic (exact) mass is 491 g/mol. The molecule has 2 aliphatic heterocycles. The van der Waals surface area contributed by atoms with Crippen LogP contribution in [-0.2, 0) is 6.18 Å². The lowest BCUT2D eigenvalue weighted by Gasteiger charge is -2.34. The van der Waals surface area contributed by atoms with Crippen LogP contribution < -0.4 is 0 Å². The van der Waals surface area contributed by atoms with E-state index in [-0.39, 0.29) is 17.7 Å². The average Bonchev–Trinajstić information content (AvgIpc) is 3.30. The number of carbonyl (C=O) groups is 2. The Morgan fingerprint density at radius 3 is 2.19 bits per heavy atom. The van der Waals surface area contributed by atoms with E-state index in [9.17, 15) is 22.8 Å². The van der Waals surface area contributed by atoms with Crippen molar-refractivity contribution in [2.45, 2.75) is 24.9 Å². The van der Waals surface area contributed by atoms with Crippen molar-refractivity contribution in [3.8, 4) is 0 Å². The Morgan fingerprint density at radius 1 is 0.889 bits per heavy atom. The minimum atomic E-state index is -4.36. The average molecular weight is 492 g/mol. The van der Waals surface area contributed by atoms with Crippen molar-refractivity contribution in [1.82, 2.24) is 14.8 Å². The molecular formula is C28H24F3N3O2. The highest BCUT2D eigenvalue weighted by atomic mass is 19.4. The molecule has 2 aliphatic rings. The molecule has 5 nitrogen and oxygen atoms in total. The van der Waals surface area contributed by atoms with Crippen molar-refractivity contribution in [3.63, 3.8) is 0 Å². The number of fused-ring (bicyclic) bond motifs is 1. The highest BCUT2D eigenvalue weighted by Gasteiger charge is 2.34. The number of H-pyrrole nitrogens is 1. The SMILES string of the molecule is O=C1c2cccc3cccc(c23)C(=O)N1CCN1CCC(c2c[nH]c3cc(C(F)(F)F)ccc23)CC1. The molecule has 1 saturated heterocycles. The number of benzene rings is 3. The van der Waals surface area contributed by atoms with Crippen molar-refractivity contribution in [1.29, 1.82) is 0 Å². The number of nitrogens with one attached hydrogen (secondary N) is 1. The number of rotatable bonds is 4. The van der Waals surface area contributed by atoms with Gasteiger partial charge in [-0.1, -0.05) is 30.3 Å². The van der Waals surface area contributed by atoms with Gasteiger partial charge in [-0.15, -0.1) is 0 Å². The van der Waals surface area contributed by atoms with Crippen molar-refractivity contribution >= 4 is 33.5 Å². The summed E-state index contributed by atoms with van der Waals surface area (Å²) in [6.45, 7) is 2.49. The van der Waals surface area contributed by atoms with Gasteiger partial charge in [-0.05, 0) is 67.1 Å². The molecule has 6 rings (SSSR count). The summed E-state index contributed by atoms with van der Waals surface area (Å²) in [6, 6.07) is 14.9. The van der Waals surface area contributed by atoms with Crippen LogP contribution in [0.4, 0.5) is 13.2 Å². The van der Waals surface area contributed by atoms with Gasteiger partial charge in [-0.3, -0.25) is 14.5 Å². The summed E-state index contributed by atoms with van der Waals surface area (Å²) in [4.78, 5) is 32.8. The maximum atomic E-state index is 13.1. The number of piperidine rings is 1. The number of imide groups is 1. The molecule has 8 heteroatoms. The van der Waals surface area contributed by atoms with Crippen LogP contribution in [0.2, 0.25) is 0 Å². The molecule has 36 heavy (non-hydrogen) atoms. The molecule has 0 saturated carbocycles. The first-order valence-corrected chi connectivity index (χ1v) is 12.1. The molecule has 0 bridgehead atoms. The second kappa shape index (κ2) is 8.48. The first-order valence-electron chi connectivity index (χ1n) is 12.1. The summed E-state index contributed by atoms with van der Waals surface area (Å²) in [6.07, 6.45) is -0.819. The third-order valence-electron chi connectivity index (χ3n) is 7.56. The van der Waals surface area contributed by atoms with Crippen LogP contribution in [0.1, 0.15) is 50.6 Å². The van der Waals surface area contributed by atoms with Crippen LogP contribution in [0.5, 0.6) is 0 Å². The van der Waals surface area contributed by atoms with Gasteiger partial charge < -0.3 is 9.88 Å². The highest BCUT2D eigenvalue weighted by Crippen LogP contribution is 2.36. The van der Waals surface area contributed by atoms with Gasteiger partial charge in [-0.25, -0.2) is 0 Å². The van der Waals surface area contributed by atoms with Crippen LogP contribution >= 0.6 is 0 Å².